The molecule has 0 atom stereocenters. The van der Waals surface area contributed by atoms with Gasteiger partial charge in [-0.25, -0.2) is 0 Å². The summed E-state index contributed by atoms with van der Waals surface area (Å²) >= 11 is 0. The van der Waals surface area contributed by atoms with Gasteiger partial charge in [-0.2, -0.15) is 0 Å². The van der Waals surface area contributed by atoms with Crippen LogP contribution in [0.5, 0.6) is 11.5 Å². The molecule has 1 aromatic heterocycles. The molecule has 2 aromatic carbocycles. The number of aromatic hydroxyl groups is 2. The lowest BCUT2D eigenvalue weighted by atomic mass is 9.88. The third kappa shape index (κ3) is 3.81. The molecule has 0 aliphatic heterocycles. The Hall–Kier alpha value is -3.01. The molecule has 0 spiro atoms. The fourth-order valence-electron chi connectivity index (χ4n) is 3.59. The maximum atomic E-state index is 11.3. The largest absolute Gasteiger partial charge is 0.507 e. The number of allylic oxidation sites excluding steroid dienone is 1. The molecule has 2 N–H and O–H groups in total. The Balaban J connectivity index is 2.26. The topological polar surface area (TPSA) is 66.5 Å². The van der Waals surface area contributed by atoms with Crippen molar-refractivity contribution >= 4 is 5.57 Å². The number of hydrogen-bond donors (Lipinski definition) is 2. The van der Waals surface area contributed by atoms with E-state index in [9.17, 15) is 10.2 Å². The van der Waals surface area contributed by atoms with Crippen LogP contribution in [0.1, 0.15) is 49.8 Å². The Morgan fingerprint density at radius 1 is 1.11 bits per heavy atom. The first kappa shape index (κ1) is 19.7. The van der Waals surface area contributed by atoms with Gasteiger partial charge in [0.25, 0.3) is 0 Å². The average molecular weight is 377 g/mol. The number of unbranched alkanes of at least 4 members (excludes halogenated alkanes) is 2. The number of benzene rings is 2. The normalized spacial score (nSPS) is 11.0. The molecular formula is C24H27NO3. The zero-order valence-electron chi connectivity index (χ0n) is 16.7. The lowest BCUT2D eigenvalue weighted by molar-refractivity contribution is 0.423. The van der Waals surface area contributed by atoms with E-state index in [-0.39, 0.29) is 11.5 Å². The minimum absolute atomic E-state index is 0.0105. The summed E-state index contributed by atoms with van der Waals surface area (Å²) in [6.45, 7) is 10.1. The van der Waals surface area contributed by atoms with Crippen LogP contribution in [-0.2, 0) is 6.42 Å². The molecule has 0 saturated heterocycles. The van der Waals surface area contributed by atoms with Crippen LogP contribution >= 0.6 is 0 Å². The van der Waals surface area contributed by atoms with Crippen molar-refractivity contribution in [2.45, 2.75) is 46.5 Å². The van der Waals surface area contributed by atoms with Gasteiger partial charge in [0.05, 0.1) is 17.3 Å². The van der Waals surface area contributed by atoms with Gasteiger partial charge in [-0.3, -0.25) is 0 Å². The van der Waals surface area contributed by atoms with Crippen LogP contribution in [-0.4, -0.2) is 15.4 Å². The number of phenolic OH excluding ortho intramolecular Hbond substituents is 2. The van der Waals surface area contributed by atoms with E-state index in [1.807, 2.05) is 32.0 Å². The van der Waals surface area contributed by atoms with Crippen molar-refractivity contribution in [3.63, 3.8) is 0 Å². The van der Waals surface area contributed by atoms with Crippen molar-refractivity contribution in [1.82, 2.24) is 5.16 Å². The van der Waals surface area contributed by atoms with Crippen LogP contribution in [0.25, 0.3) is 28.0 Å². The van der Waals surface area contributed by atoms with Gasteiger partial charge < -0.3 is 14.7 Å². The molecule has 3 rings (SSSR count). The van der Waals surface area contributed by atoms with Gasteiger partial charge in [0.1, 0.15) is 11.5 Å². The fraction of sp³-hybridized carbons (Fsp3) is 0.292. The maximum Gasteiger partial charge on any atom is 0.170 e. The van der Waals surface area contributed by atoms with Crippen molar-refractivity contribution in [3.05, 3.63) is 59.8 Å². The molecule has 1 heterocycles. The van der Waals surface area contributed by atoms with E-state index in [1.54, 1.807) is 18.3 Å². The van der Waals surface area contributed by atoms with Crippen LogP contribution in [0.4, 0.5) is 0 Å². The number of nitrogens with zero attached hydrogens (tertiary/aromatic N) is 1. The molecule has 0 radical (unpaired) electrons. The quantitative estimate of drug-likeness (QED) is 0.462. The minimum Gasteiger partial charge on any atom is -0.507 e. The molecule has 0 aliphatic rings. The molecule has 28 heavy (non-hydrogen) atoms. The summed E-state index contributed by atoms with van der Waals surface area (Å²) in [6, 6.07) is 9.40. The summed E-state index contributed by atoms with van der Waals surface area (Å²) in [6.07, 6.45) is 5.45. The maximum absolute atomic E-state index is 11.3. The molecule has 3 aromatic rings. The second-order valence-corrected chi connectivity index (χ2v) is 7.32. The molecule has 0 bridgehead atoms. The van der Waals surface area contributed by atoms with Crippen molar-refractivity contribution in [2.24, 2.45) is 0 Å². The predicted octanol–water partition coefficient (Wildman–Crippen LogP) is 6.49. The Morgan fingerprint density at radius 2 is 1.89 bits per heavy atom. The van der Waals surface area contributed by atoms with Crippen LogP contribution in [0.15, 0.2) is 47.6 Å². The monoisotopic (exact) mass is 377 g/mol. The molecule has 0 amide bonds. The minimum atomic E-state index is 0.0105. The van der Waals surface area contributed by atoms with E-state index >= 15 is 0 Å². The van der Waals surface area contributed by atoms with E-state index in [1.165, 1.54) is 0 Å². The van der Waals surface area contributed by atoms with Crippen molar-refractivity contribution in [2.75, 3.05) is 0 Å². The fourth-order valence-corrected chi connectivity index (χ4v) is 3.59. The third-order valence-electron chi connectivity index (χ3n) is 5.00. The molecule has 4 nitrogen and oxygen atoms in total. The van der Waals surface area contributed by atoms with Crippen molar-refractivity contribution < 1.29 is 14.7 Å². The van der Waals surface area contributed by atoms with E-state index in [4.69, 9.17) is 4.52 Å². The lowest BCUT2D eigenvalue weighted by Crippen LogP contribution is -1.96. The summed E-state index contributed by atoms with van der Waals surface area (Å²) in [5.74, 6) is 0.562. The number of phenols is 2. The standard InChI is InChI=1S/C24H27NO3/c1-5-6-7-8-17-14-20(26)23(24(27)22(17)21-11-12-25-28-21)19-13-16(4)9-10-18(19)15(2)3/h9-14,26-27H,2,5-8H2,1,3-4H3. The van der Waals surface area contributed by atoms with Gasteiger partial charge in [-0.05, 0) is 49.4 Å². The summed E-state index contributed by atoms with van der Waals surface area (Å²) in [7, 11) is 0. The summed E-state index contributed by atoms with van der Waals surface area (Å²) in [4.78, 5) is 0. The van der Waals surface area contributed by atoms with Gasteiger partial charge in [-0.1, -0.05) is 60.8 Å². The van der Waals surface area contributed by atoms with E-state index in [2.05, 4.69) is 18.7 Å². The highest BCUT2D eigenvalue weighted by Crippen LogP contribution is 2.48. The molecular weight excluding hydrogens is 350 g/mol. The van der Waals surface area contributed by atoms with Crippen molar-refractivity contribution in [1.29, 1.82) is 0 Å². The highest BCUT2D eigenvalue weighted by Gasteiger charge is 2.23. The first-order valence-electron chi connectivity index (χ1n) is 9.69. The Labute approximate surface area is 166 Å². The average Bonchev–Trinajstić information content (AvgIpc) is 3.15. The Bertz CT molecular complexity index is 988. The number of rotatable bonds is 7. The number of aryl methyl sites for hydroxylation is 2. The van der Waals surface area contributed by atoms with Gasteiger partial charge in [0.15, 0.2) is 5.76 Å². The van der Waals surface area contributed by atoms with Gasteiger partial charge in [0.2, 0.25) is 0 Å². The summed E-state index contributed by atoms with van der Waals surface area (Å²) < 4.78 is 5.37. The Morgan fingerprint density at radius 3 is 2.54 bits per heavy atom. The van der Waals surface area contributed by atoms with Gasteiger partial charge >= 0.3 is 0 Å². The lowest BCUT2D eigenvalue weighted by Gasteiger charge is -2.18. The molecule has 0 unspecified atom stereocenters. The molecule has 4 heteroatoms. The van der Waals surface area contributed by atoms with Crippen LogP contribution in [0, 0.1) is 6.92 Å². The van der Waals surface area contributed by atoms with Crippen LogP contribution in [0.3, 0.4) is 0 Å². The van der Waals surface area contributed by atoms with Crippen LogP contribution < -0.4 is 0 Å². The predicted molar refractivity (Wildman–Crippen MR) is 113 cm³/mol. The Kier molecular flexibility index (Phi) is 5.88. The second kappa shape index (κ2) is 8.34. The SMILES string of the molecule is C=C(C)c1ccc(C)cc1-c1c(O)cc(CCCCC)c(-c2ccno2)c1O. The molecule has 0 saturated carbocycles. The van der Waals surface area contributed by atoms with E-state index in [0.29, 0.717) is 16.9 Å². The second-order valence-electron chi connectivity index (χ2n) is 7.32. The molecule has 0 fully saturated rings. The van der Waals surface area contributed by atoms with Crippen LogP contribution in [0.2, 0.25) is 0 Å². The zero-order chi connectivity index (χ0) is 20.3. The first-order chi connectivity index (χ1) is 13.4. The summed E-state index contributed by atoms with van der Waals surface area (Å²) in [5.41, 5.74) is 5.38. The van der Waals surface area contributed by atoms with E-state index in [0.717, 1.165) is 53.5 Å². The summed E-state index contributed by atoms with van der Waals surface area (Å²) in [5, 5.41) is 25.9. The molecule has 146 valence electrons. The first-order valence-corrected chi connectivity index (χ1v) is 9.69. The smallest absolute Gasteiger partial charge is 0.170 e. The highest BCUT2D eigenvalue weighted by atomic mass is 16.5. The number of aromatic nitrogens is 1. The van der Waals surface area contributed by atoms with Gasteiger partial charge in [-0.15, -0.1) is 0 Å². The number of hydrogen-bond acceptors (Lipinski definition) is 4. The molecule has 0 aliphatic carbocycles. The van der Waals surface area contributed by atoms with Crippen molar-refractivity contribution in [3.8, 4) is 33.9 Å². The zero-order valence-corrected chi connectivity index (χ0v) is 16.7. The van der Waals surface area contributed by atoms with E-state index < -0.39 is 0 Å². The highest BCUT2D eigenvalue weighted by molar-refractivity contribution is 5.91. The van der Waals surface area contributed by atoms with Gasteiger partial charge in [0, 0.05) is 6.07 Å². The third-order valence-corrected chi connectivity index (χ3v) is 5.00.